The first-order chi connectivity index (χ1) is 10.8. The molecule has 0 radical (unpaired) electrons. The second kappa shape index (κ2) is 6.25. The highest BCUT2D eigenvalue weighted by Crippen LogP contribution is 2.39. The van der Waals surface area contributed by atoms with Crippen molar-refractivity contribution in [1.29, 1.82) is 0 Å². The van der Waals surface area contributed by atoms with Gasteiger partial charge >= 0.3 is 12.4 Å². The molecule has 11 heteroatoms. The van der Waals surface area contributed by atoms with Crippen molar-refractivity contribution in [2.75, 3.05) is 5.32 Å². The van der Waals surface area contributed by atoms with E-state index in [1.165, 1.54) is 19.1 Å². The summed E-state index contributed by atoms with van der Waals surface area (Å²) in [6.07, 6.45) is -9.63. The fraction of sp³-hybridized carbons (Fsp3) is 0.462. The molecule has 2 unspecified atom stereocenters. The lowest BCUT2D eigenvalue weighted by Crippen LogP contribution is -2.39. The molecule has 24 heavy (non-hydrogen) atoms. The SMILES string of the molecule is CC1(C(=S)Nc2ccc(Br)c(C(F)(F)F)c2)CC(C(F)(F)F)N=N1. The van der Waals surface area contributed by atoms with Gasteiger partial charge in [0.15, 0.2) is 6.04 Å². The molecule has 1 aromatic carbocycles. The summed E-state index contributed by atoms with van der Waals surface area (Å²) in [5.41, 5.74) is -2.36. The zero-order chi connectivity index (χ0) is 18.3. The lowest BCUT2D eigenvalue weighted by Gasteiger charge is -2.23. The van der Waals surface area contributed by atoms with E-state index in [-0.39, 0.29) is 15.1 Å². The quantitative estimate of drug-likeness (QED) is 0.475. The first-order valence-corrected chi connectivity index (χ1v) is 7.70. The Kier molecular flexibility index (Phi) is 4.97. The molecule has 0 spiro atoms. The third-order valence-electron chi connectivity index (χ3n) is 3.41. The van der Waals surface area contributed by atoms with Crippen LogP contribution in [0, 0.1) is 0 Å². The van der Waals surface area contributed by atoms with E-state index in [0.717, 1.165) is 6.07 Å². The molecule has 0 aromatic heterocycles. The fourth-order valence-corrected chi connectivity index (χ4v) is 2.77. The van der Waals surface area contributed by atoms with Crippen LogP contribution in [-0.2, 0) is 6.18 Å². The zero-order valence-electron chi connectivity index (χ0n) is 12.0. The number of nitrogens with zero attached hydrogens (tertiary/aromatic N) is 2. The second-order valence-corrected chi connectivity index (χ2v) is 6.66. The molecule has 2 atom stereocenters. The summed E-state index contributed by atoms with van der Waals surface area (Å²) in [4.78, 5) is -0.131. The van der Waals surface area contributed by atoms with Crippen LogP contribution in [0.1, 0.15) is 18.9 Å². The average molecular weight is 434 g/mol. The summed E-state index contributed by atoms with van der Waals surface area (Å²) in [6.45, 7) is 1.35. The number of benzene rings is 1. The minimum atomic E-state index is -4.59. The fourth-order valence-electron chi connectivity index (χ4n) is 2.06. The van der Waals surface area contributed by atoms with Crippen molar-refractivity contribution in [2.45, 2.75) is 37.3 Å². The van der Waals surface area contributed by atoms with E-state index < -0.39 is 35.9 Å². The summed E-state index contributed by atoms with van der Waals surface area (Å²) in [5.74, 6) is 0. The maximum absolute atomic E-state index is 12.9. The van der Waals surface area contributed by atoms with Gasteiger partial charge in [-0.05, 0) is 25.1 Å². The molecule has 1 aromatic rings. The van der Waals surface area contributed by atoms with Crippen LogP contribution < -0.4 is 5.32 Å². The van der Waals surface area contributed by atoms with E-state index in [9.17, 15) is 26.3 Å². The molecular formula is C13H10BrF6N3S. The minimum absolute atomic E-state index is 0.00223. The number of anilines is 1. The van der Waals surface area contributed by atoms with Gasteiger partial charge in [-0.2, -0.15) is 36.6 Å². The van der Waals surface area contributed by atoms with Crippen LogP contribution in [-0.4, -0.2) is 22.7 Å². The Labute approximate surface area is 146 Å². The molecular weight excluding hydrogens is 424 g/mol. The lowest BCUT2D eigenvalue weighted by molar-refractivity contribution is -0.147. The number of nitrogens with one attached hydrogen (secondary N) is 1. The summed E-state index contributed by atoms with van der Waals surface area (Å²) >= 11 is 7.83. The number of hydrogen-bond acceptors (Lipinski definition) is 3. The lowest BCUT2D eigenvalue weighted by atomic mass is 9.95. The Balaban J connectivity index is 2.18. The van der Waals surface area contributed by atoms with Crippen LogP contribution >= 0.6 is 28.1 Å². The van der Waals surface area contributed by atoms with Crippen LogP contribution in [0.4, 0.5) is 32.0 Å². The van der Waals surface area contributed by atoms with Gasteiger partial charge in [0.05, 0.1) is 5.56 Å². The second-order valence-electron chi connectivity index (χ2n) is 5.40. The molecule has 2 rings (SSSR count). The molecule has 0 saturated carbocycles. The van der Waals surface area contributed by atoms with Crippen LogP contribution in [0.5, 0.6) is 0 Å². The van der Waals surface area contributed by atoms with Gasteiger partial charge in [-0.3, -0.25) is 0 Å². The van der Waals surface area contributed by atoms with Gasteiger partial charge in [0.1, 0.15) is 10.5 Å². The number of rotatable bonds is 2. The van der Waals surface area contributed by atoms with Gasteiger partial charge in [-0.1, -0.05) is 28.1 Å². The van der Waals surface area contributed by atoms with E-state index in [1.807, 2.05) is 0 Å². The smallest absolute Gasteiger partial charge is 0.348 e. The highest BCUT2D eigenvalue weighted by atomic mass is 79.9. The largest absolute Gasteiger partial charge is 0.417 e. The third kappa shape index (κ3) is 4.05. The first kappa shape index (κ1) is 19.1. The van der Waals surface area contributed by atoms with Crippen molar-refractivity contribution in [1.82, 2.24) is 0 Å². The molecule has 132 valence electrons. The topological polar surface area (TPSA) is 36.8 Å². The van der Waals surface area contributed by atoms with Crippen molar-refractivity contribution in [3.05, 3.63) is 28.2 Å². The van der Waals surface area contributed by atoms with Crippen LogP contribution in [0.2, 0.25) is 0 Å². The molecule has 3 nitrogen and oxygen atoms in total. The predicted molar refractivity (Wildman–Crippen MR) is 83.1 cm³/mol. The molecule has 0 aliphatic carbocycles. The summed E-state index contributed by atoms with van der Waals surface area (Å²) in [7, 11) is 0. The summed E-state index contributed by atoms with van der Waals surface area (Å²) in [6, 6.07) is 1.33. The van der Waals surface area contributed by atoms with Gasteiger partial charge in [0.25, 0.3) is 0 Å². The third-order valence-corrected chi connectivity index (χ3v) is 4.64. The Bertz CT molecular complexity index is 687. The minimum Gasteiger partial charge on any atom is -0.348 e. The van der Waals surface area contributed by atoms with E-state index >= 15 is 0 Å². The van der Waals surface area contributed by atoms with Crippen molar-refractivity contribution in [2.24, 2.45) is 10.2 Å². The summed E-state index contributed by atoms with van der Waals surface area (Å²) < 4.78 is 76.5. The van der Waals surface area contributed by atoms with E-state index in [4.69, 9.17) is 12.2 Å². The van der Waals surface area contributed by atoms with Gasteiger partial charge in [-0.15, -0.1) is 0 Å². The van der Waals surface area contributed by atoms with E-state index in [2.05, 4.69) is 31.5 Å². The molecule has 0 fully saturated rings. The van der Waals surface area contributed by atoms with E-state index in [1.54, 1.807) is 0 Å². The summed E-state index contributed by atoms with van der Waals surface area (Å²) in [5, 5.41) is 9.27. The van der Waals surface area contributed by atoms with Crippen LogP contribution in [0.3, 0.4) is 0 Å². The Morgan fingerprint density at radius 2 is 1.92 bits per heavy atom. The highest BCUT2D eigenvalue weighted by Gasteiger charge is 2.50. The Hall–Kier alpha value is -1.23. The van der Waals surface area contributed by atoms with E-state index in [0.29, 0.717) is 0 Å². The molecule has 0 saturated heterocycles. The predicted octanol–water partition coefficient (Wildman–Crippen LogP) is 5.75. The zero-order valence-corrected chi connectivity index (χ0v) is 14.4. The van der Waals surface area contributed by atoms with Gasteiger partial charge < -0.3 is 5.32 Å². The number of alkyl halides is 6. The van der Waals surface area contributed by atoms with Crippen molar-refractivity contribution in [3.63, 3.8) is 0 Å². The average Bonchev–Trinajstić information content (AvgIpc) is 2.84. The van der Waals surface area contributed by atoms with Crippen LogP contribution in [0.25, 0.3) is 0 Å². The van der Waals surface area contributed by atoms with Crippen molar-refractivity contribution >= 4 is 38.8 Å². The number of hydrogen-bond donors (Lipinski definition) is 1. The van der Waals surface area contributed by atoms with Gasteiger partial charge in [0.2, 0.25) is 0 Å². The molecule has 1 heterocycles. The molecule has 1 N–H and O–H groups in total. The number of azo groups is 1. The van der Waals surface area contributed by atoms with Gasteiger partial charge in [-0.25, -0.2) is 0 Å². The molecule has 1 aliphatic rings. The number of halogens is 7. The number of thiocarbonyl (C=S) groups is 1. The molecule has 0 bridgehead atoms. The van der Waals surface area contributed by atoms with Gasteiger partial charge in [0, 0.05) is 16.6 Å². The Morgan fingerprint density at radius 3 is 2.42 bits per heavy atom. The molecule has 1 aliphatic heterocycles. The van der Waals surface area contributed by atoms with Crippen molar-refractivity contribution in [3.8, 4) is 0 Å². The Morgan fingerprint density at radius 1 is 1.29 bits per heavy atom. The molecule has 0 amide bonds. The van der Waals surface area contributed by atoms with Crippen LogP contribution in [0.15, 0.2) is 32.9 Å². The standard InChI is InChI=1S/C13H10BrF6N3S/c1-11(5-9(22-23-11)13(18,19)20)10(24)21-6-2-3-8(14)7(4-6)12(15,16)17/h2-4,9H,5H2,1H3,(H,21,24). The highest BCUT2D eigenvalue weighted by molar-refractivity contribution is 9.10. The normalized spacial score (nSPS) is 24.2. The monoisotopic (exact) mass is 433 g/mol. The maximum atomic E-state index is 12.9. The first-order valence-electron chi connectivity index (χ1n) is 6.50. The maximum Gasteiger partial charge on any atom is 0.417 e. The van der Waals surface area contributed by atoms with Crippen molar-refractivity contribution < 1.29 is 26.3 Å².